The second-order valence-corrected chi connectivity index (χ2v) is 4.13. The summed E-state index contributed by atoms with van der Waals surface area (Å²) in [6.07, 6.45) is 5.82. The first-order valence-corrected chi connectivity index (χ1v) is 5.92. The van der Waals surface area contributed by atoms with Crippen LogP contribution in [0.2, 0.25) is 5.02 Å². The molecule has 0 bridgehead atoms. The van der Waals surface area contributed by atoms with Crippen molar-refractivity contribution in [3.05, 3.63) is 28.8 Å². The Labute approximate surface area is 116 Å². The van der Waals surface area contributed by atoms with Crippen molar-refractivity contribution in [3.8, 4) is 12.3 Å². The van der Waals surface area contributed by atoms with Crippen LogP contribution in [0.3, 0.4) is 0 Å². The number of hydrogen-bond acceptors (Lipinski definition) is 2. The standard InChI is InChI=1S/C13H13ClN2O3/c1-3-8(4-2)15-13(19)16-9-5-6-11(14)10(7-9)12(17)18/h1,5-8H,4H2,2H3,(H,17,18)(H2,15,16,19). The van der Waals surface area contributed by atoms with Crippen LogP contribution < -0.4 is 10.6 Å². The number of halogens is 1. The Morgan fingerprint density at radius 1 is 1.53 bits per heavy atom. The zero-order chi connectivity index (χ0) is 14.4. The lowest BCUT2D eigenvalue weighted by Gasteiger charge is -2.12. The van der Waals surface area contributed by atoms with E-state index in [9.17, 15) is 9.59 Å². The molecule has 100 valence electrons. The number of urea groups is 1. The van der Waals surface area contributed by atoms with E-state index in [1.165, 1.54) is 18.2 Å². The predicted molar refractivity (Wildman–Crippen MR) is 73.5 cm³/mol. The van der Waals surface area contributed by atoms with Gasteiger partial charge in [-0.1, -0.05) is 24.4 Å². The van der Waals surface area contributed by atoms with E-state index in [0.29, 0.717) is 12.1 Å². The first-order valence-electron chi connectivity index (χ1n) is 5.54. The van der Waals surface area contributed by atoms with Gasteiger partial charge < -0.3 is 15.7 Å². The molecule has 0 aromatic heterocycles. The summed E-state index contributed by atoms with van der Waals surface area (Å²) in [5.41, 5.74) is 0.245. The van der Waals surface area contributed by atoms with E-state index in [0.717, 1.165) is 0 Å². The molecule has 0 heterocycles. The number of aromatic carboxylic acids is 1. The third kappa shape index (κ3) is 4.19. The lowest BCUT2D eigenvalue weighted by atomic mass is 10.2. The summed E-state index contributed by atoms with van der Waals surface area (Å²) in [6.45, 7) is 1.84. The molecule has 1 aromatic rings. The molecular weight excluding hydrogens is 268 g/mol. The van der Waals surface area contributed by atoms with Crippen LogP contribution >= 0.6 is 11.6 Å². The Morgan fingerprint density at radius 2 is 2.21 bits per heavy atom. The van der Waals surface area contributed by atoms with Crippen molar-refractivity contribution >= 4 is 29.3 Å². The van der Waals surface area contributed by atoms with Crippen molar-refractivity contribution in [1.82, 2.24) is 5.32 Å². The van der Waals surface area contributed by atoms with Gasteiger partial charge >= 0.3 is 12.0 Å². The lowest BCUT2D eigenvalue weighted by molar-refractivity contribution is 0.0697. The van der Waals surface area contributed by atoms with Crippen LogP contribution in [0.5, 0.6) is 0 Å². The molecule has 0 saturated heterocycles. The Balaban J connectivity index is 2.78. The summed E-state index contributed by atoms with van der Waals surface area (Å²) in [5.74, 6) is 1.26. The highest BCUT2D eigenvalue weighted by molar-refractivity contribution is 6.33. The SMILES string of the molecule is C#CC(CC)NC(=O)Nc1ccc(Cl)c(C(=O)O)c1. The largest absolute Gasteiger partial charge is 0.478 e. The summed E-state index contributed by atoms with van der Waals surface area (Å²) in [4.78, 5) is 22.5. The van der Waals surface area contributed by atoms with Gasteiger partial charge in [-0.25, -0.2) is 9.59 Å². The van der Waals surface area contributed by atoms with Crippen LogP contribution in [-0.2, 0) is 0 Å². The number of anilines is 1. The molecule has 0 fully saturated rings. The highest BCUT2D eigenvalue weighted by atomic mass is 35.5. The predicted octanol–water partition coefficient (Wildman–Crippen LogP) is 2.57. The second-order valence-electron chi connectivity index (χ2n) is 3.73. The zero-order valence-electron chi connectivity index (χ0n) is 10.2. The minimum atomic E-state index is -1.16. The van der Waals surface area contributed by atoms with Gasteiger partial charge in [0.1, 0.15) is 0 Å². The summed E-state index contributed by atoms with van der Waals surface area (Å²) in [7, 11) is 0. The molecule has 0 saturated carbocycles. The molecule has 1 unspecified atom stereocenters. The Bertz CT molecular complexity index is 537. The molecule has 2 amide bonds. The van der Waals surface area contributed by atoms with Gasteiger partial charge in [0, 0.05) is 5.69 Å². The molecule has 1 atom stereocenters. The van der Waals surface area contributed by atoms with Crippen molar-refractivity contribution in [2.75, 3.05) is 5.32 Å². The number of carbonyl (C=O) groups is 2. The average Bonchev–Trinajstić information content (AvgIpc) is 2.37. The Hall–Kier alpha value is -2.19. The van der Waals surface area contributed by atoms with E-state index in [4.69, 9.17) is 23.1 Å². The summed E-state index contributed by atoms with van der Waals surface area (Å²) >= 11 is 5.72. The number of rotatable bonds is 4. The molecule has 0 aliphatic carbocycles. The van der Waals surface area contributed by atoms with Crippen molar-refractivity contribution in [2.45, 2.75) is 19.4 Å². The zero-order valence-corrected chi connectivity index (χ0v) is 11.0. The van der Waals surface area contributed by atoms with Gasteiger partial charge in [0.2, 0.25) is 0 Å². The van der Waals surface area contributed by atoms with E-state index >= 15 is 0 Å². The van der Waals surface area contributed by atoms with Gasteiger partial charge in [0.25, 0.3) is 0 Å². The number of amides is 2. The van der Waals surface area contributed by atoms with Crippen LogP contribution in [0.1, 0.15) is 23.7 Å². The second kappa shape index (κ2) is 6.66. The van der Waals surface area contributed by atoms with Crippen LogP contribution in [0.15, 0.2) is 18.2 Å². The Kier molecular flexibility index (Phi) is 5.22. The Morgan fingerprint density at radius 3 is 2.74 bits per heavy atom. The first-order chi connectivity index (χ1) is 8.97. The number of carboxylic acid groups (broad SMARTS) is 1. The van der Waals surface area contributed by atoms with E-state index in [1.54, 1.807) is 0 Å². The van der Waals surface area contributed by atoms with Crippen molar-refractivity contribution < 1.29 is 14.7 Å². The monoisotopic (exact) mass is 280 g/mol. The average molecular weight is 281 g/mol. The van der Waals surface area contributed by atoms with Crippen LogP contribution in [-0.4, -0.2) is 23.1 Å². The number of carbonyl (C=O) groups excluding carboxylic acids is 1. The smallest absolute Gasteiger partial charge is 0.337 e. The number of terminal acetylenes is 1. The van der Waals surface area contributed by atoms with E-state index in [-0.39, 0.29) is 16.6 Å². The minimum absolute atomic E-state index is 0.0801. The van der Waals surface area contributed by atoms with Crippen molar-refractivity contribution in [2.24, 2.45) is 0 Å². The quantitative estimate of drug-likeness (QED) is 0.742. The third-order valence-electron chi connectivity index (χ3n) is 2.37. The van der Waals surface area contributed by atoms with Crippen molar-refractivity contribution in [3.63, 3.8) is 0 Å². The molecule has 5 nitrogen and oxygen atoms in total. The van der Waals surface area contributed by atoms with Crippen molar-refractivity contribution in [1.29, 1.82) is 0 Å². The van der Waals surface area contributed by atoms with E-state index < -0.39 is 12.0 Å². The maximum Gasteiger partial charge on any atom is 0.337 e. The fourth-order valence-corrected chi connectivity index (χ4v) is 1.55. The van der Waals surface area contributed by atoms with Gasteiger partial charge in [-0.2, -0.15) is 0 Å². The summed E-state index contributed by atoms with van der Waals surface area (Å²) in [5, 5.41) is 14.1. The molecule has 6 heteroatoms. The maximum atomic E-state index is 11.6. The first kappa shape index (κ1) is 14.9. The topological polar surface area (TPSA) is 78.4 Å². The minimum Gasteiger partial charge on any atom is -0.478 e. The fraction of sp³-hybridized carbons (Fsp3) is 0.231. The van der Waals surface area contributed by atoms with E-state index in [1.807, 2.05) is 6.92 Å². The van der Waals surface area contributed by atoms with Gasteiger partial charge in [-0.15, -0.1) is 6.42 Å². The number of nitrogens with one attached hydrogen (secondary N) is 2. The van der Waals surface area contributed by atoms with Gasteiger partial charge in [0.05, 0.1) is 16.6 Å². The van der Waals surface area contributed by atoms with Gasteiger partial charge in [0.15, 0.2) is 0 Å². The molecule has 1 aromatic carbocycles. The molecule has 0 aliphatic heterocycles. The molecule has 19 heavy (non-hydrogen) atoms. The summed E-state index contributed by atoms with van der Waals surface area (Å²) in [6, 6.07) is 3.32. The highest BCUT2D eigenvalue weighted by Crippen LogP contribution is 2.20. The summed E-state index contributed by atoms with van der Waals surface area (Å²) < 4.78 is 0. The van der Waals surface area contributed by atoms with Gasteiger partial charge in [-0.05, 0) is 24.6 Å². The molecule has 3 N–H and O–H groups in total. The molecule has 0 spiro atoms. The molecule has 0 aliphatic rings. The number of carboxylic acids is 1. The van der Waals surface area contributed by atoms with Crippen LogP contribution in [0, 0.1) is 12.3 Å². The number of hydrogen-bond donors (Lipinski definition) is 3. The molecular formula is C13H13ClN2O3. The van der Waals surface area contributed by atoms with Crippen LogP contribution in [0.25, 0.3) is 0 Å². The van der Waals surface area contributed by atoms with Gasteiger partial charge in [-0.3, -0.25) is 0 Å². The molecule has 1 rings (SSSR count). The molecule has 0 radical (unpaired) electrons. The number of benzene rings is 1. The van der Waals surface area contributed by atoms with E-state index in [2.05, 4.69) is 16.6 Å². The highest BCUT2D eigenvalue weighted by Gasteiger charge is 2.12. The van der Waals surface area contributed by atoms with Crippen LogP contribution in [0.4, 0.5) is 10.5 Å². The maximum absolute atomic E-state index is 11.6. The lowest BCUT2D eigenvalue weighted by Crippen LogP contribution is -2.36. The third-order valence-corrected chi connectivity index (χ3v) is 2.70. The normalized spacial score (nSPS) is 11.2. The fourth-order valence-electron chi connectivity index (χ4n) is 1.35.